The van der Waals surface area contributed by atoms with Crippen LogP contribution < -0.4 is 0 Å². The number of hydrogen-bond donors (Lipinski definition) is 1. The van der Waals surface area contributed by atoms with Crippen LogP contribution in [-0.4, -0.2) is 18.2 Å². The van der Waals surface area contributed by atoms with E-state index in [2.05, 4.69) is 15.9 Å². The van der Waals surface area contributed by atoms with Crippen LogP contribution in [0.25, 0.3) is 0 Å². The standard InChI is InChI=1S/C15H20BrFO3/c1-4-5-6-11(14(18)20-3)15(2,19)12-9-10(16)7-8-13(12)17/h7-9,11,19H,4-6H2,1-3H3. The highest BCUT2D eigenvalue weighted by Gasteiger charge is 2.41. The van der Waals surface area contributed by atoms with Gasteiger partial charge in [0.1, 0.15) is 11.4 Å². The minimum atomic E-state index is -1.61. The molecule has 5 heteroatoms. The van der Waals surface area contributed by atoms with E-state index in [1.54, 1.807) is 6.07 Å². The third-order valence-corrected chi connectivity index (χ3v) is 3.98. The molecule has 2 unspecified atom stereocenters. The Bertz CT molecular complexity index is 474. The minimum Gasteiger partial charge on any atom is -0.469 e. The molecule has 0 aliphatic heterocycles. The summed E-state index contributed by atoms with van der Waals surface area (Å²) in [5.41, 5.74) is -1.52. The molecule has 0 bridgehead atoms. The van der Waals surface area contributed by atoms with E-state index in [0.717, 1.165) is 12.8 Å². The Kier molecular flexibility index (Phi) is 6.14. The van der Waals surface area contributed by atoms with Gasteiger partial charge in [0.25, 0.3) is 0 Å². The summed E-state index contributed by atoms with van der Waals surface area (Å²) in [4.78, 5) is 11.9. The van der Waals surface area contributed by atoms with Crippen LogP contribution in [0.4, 0.5) is 4.39 Å². The Balaban J connectivity index is 3.20. The van der Waals surface area contributed by atoms with Gasteiger partial charge in [-0.15, -0.1) is 0 Å². The molecule has 1 rings (SSSR count). The first kappa shape index (κ1) is 17.1. The fourth-order valence-corrected chi connectivity index (χ4v) is 2.61. The van der Waals surface area contributed by atoms with Crippen molar-refractivity contribution in [3.8, 4) is 0 Å². The van der Waals surface area contributed by atoms with Crippen LogP contribution in [0.3, 0.4) is 0 Å². The van der Waals surface area contributed by atoms with E-state index < -0.39 is 23.3 Å². The van der Waals surface area contributed by atoms with Crippen molar-refractivity contribution >= 4 is 21.9 Å². The Morgan fingerprint density at radius 1 is 1.55 bits per heavy atom. The maximum atomic E-state index is 14.0. The monoisotopic (exact) mass is 346 g/mol. The number of carbonyl (C=O) groups excluding carboxylic acids is 1. The van der Waals surface area contributed by atoms with Crippen molar-refractivity contribution in [2.75, 3.05) is 7.11 Å². The Morgan fingerprint density at radius 3 is 2.75 bits per heavy atom. The summed E-state index contributed by atoms with van der Waals surface area (Å²) in [7, 11) is 1.27. The number of benzene rings is 1. The number of ether oxygens (including phenoxy) is 1. The summed E-state index contributed by atoms with van der Waals surface area (Å²) < 4.78 is 19.4. The summed E-state index contributed by atoms with van der Waals surface area (Å²) in [6.45, 7) is 3.44. The molecule has 0 saturated heterocycles. The molecule has 1 aromatic carbocycles. The molecule has 2 atom stereocenters. The second-order valence-electron chi connectivity index (χ2n) is 4.99. The highest BCUT2D eigenvalue weighted by molar-refractivity contribution is 9.10. The quantitative estimate of drug-likeness (QED) is 0.797. The van der Waals surface area contributed by atoms with Crippen LogP contribution in [0.5, 0.6) is 0 Å². The van der Waals surface area contributed by atoms with E-state index in [1.165, 1.54) is 26.2 Å². The van der Waals surface area contributed by atoms with Gasteiger partial charge in [0.2, 0.25) is 0 Å². The number of unbranched alkanes of at least 4 members (excludes halogenated alkanes) is 1. The topological polar surface area (TPSA) is 46.5 Å². The largest absolute Gasteiger partial charge is 0.469 e. The van der Waals surface area contributed by atoms with Crippen LogP contribution in [0, 0.1) is 11.7 Å². The third-order valence-electron chi connectivity index (χ3n) is 3.48. The Labute approximate surface area is 127 Å². The van der Waals surface area contributed by atoms with Gasteiger partial charge < -0.3 is 9.84 Å². The first-order valence-electron chi connectivity index (χ1n) is 6.60. The fraction of sp³-hybridized carbons (Fsp3) is 0.533. The first-order chi connectivity index (χ1) is 9.34. The third kappa shape index (κ3) is 3.79. The van der Waals surface area contributed by atoms with Crippen LogP contribution in [0.1, 0.15) is 38.7 Å². The van der Waals surface area contributed by atoms with Gasteiger partial charge in [0.15, 0.2) is 0 Å². The molecule has 3 nitrogen and oxygen atoms in total. The molecule has 0 amide bonds. The second kappa shape index (κ2) is 7.18. The minimum absolute atomic E-state index is 0.0957. The predicted molar refractivity (Wildman–Crippen MR) is 78.7 cm³/mol. The van der Waals surface area contributed by atoms with Gasteiger partial charge in [-0.2, -0.15) is 0 Å². The molecule has 1 aromatic rings. The zero-order chi connectivity index (χ0) is 15.3. The summed E-state index contributed by atoms with van der Waals surface area (Å²) in [5.74, 6) is -1.86. The summed E-state index contributed by atoms with van der Waals surface area (Å²) in [5, 5.41) is 10.7. The molecule has 0 aliphatic rings. The number of rotatable bonds is 6. The molecule has 0 aliphatic carbocycles. The second-order valence-corrected chi connectivity index (χ2v) is 5.91. The zero-order valence-corrected chi connectivity index (χ0v) is 13.5. The van der Waals surface area contributed by atoms with Gasteiger partial charge in [-0.3, -0.25) is 4.79 Å². The maximum absolute atomic E-state index is 14.0. The molecule has 20 heavy (non-hydrogen) atoms. The summed E-state index contributed by atoms with van der Waals surface area (Å²) in [6, 6.07) is 4.31. The zero-order valence-electron chi connectivity index (χ0n) is 12.0. The van der Waals surface area contributed by atoms with E-state index >= 15 is 0 Å². The molecular weight excluding hydrogens is 327 g/mol. The molecule has 112 valence electrons. The van der Waals surface area contributed by atoms with Gasteiger partial charge in [-0.25, -0.2) is 4.39 Å². The highest BCUT2D eigenvalue weighted by Crippen LogP contribution is 2.36. The number of esters is 1. The number of hydrogen-bond acceptors (Lipinski definition) is 3. The van der Waals surface area contributed by atoms with Crippen LogP contribution in [-0.2, 0) is 15.1 Å². The lowest BCUT2D eigenvalue weighted by Gasteiger charge is -2.32. The van der Waals surface area contributed by atoms with Gasteiger partial charge in [0, 0.05) is 10.0 Å². The molecular formula is C15H20BrFO3. The smallest absolute Gasteiger partial charge is 0.311 e. The fourth-order valence-electron chi connectivity index (χ4n) is 2.25. The Hall–Kier alpha value is -0.940. The summed E-state index contributed by atoms with van der Waals surface area (Å²) >= 11 is 3.25. The Morgan fingerprint density at radius 2 is 2.20 bits per heavy atom. The van der Waals surface area contributed by atoms with E-state index in [0.29, 0.717) is 10.9 Å². The van der Waals surface area contributed by atoms with E-state index in [1.807, 2.05) is 6.92 Å². The number of methoxy groups -OCH3 is 1. The number of carbonyl (C=O) groups is 1. The maximum Gasteiger partial charge on any atom is 0.311 e. The average Bonchev–Trinajstić information content (AvgIpc) is 2.41. The van der Waals surface area contributed by atoms with E-state index in [4.69, 9.17) is 4.74 Å². The van der Waals surface area contributed by atoms with Crippen molar-refractivity contribution in [2.45, 2.75) is 38.7 Å². The van der Waals surface area contributed by atoms with Gasteiger partial charge in [-0.05, 0) is 31.5 Å². The van der Waals surface area contributed by atoms with Crippen LogP contribution in [0.15, 0.2) is 22.7 Å². The first-order valence-corrected chi connectivity index (χ1v) is 7.39. The van der Waals surface area contributed by atoms with Crippen molar-refractivity contribution in [3.63, 3.8) is 0 Å². The van der Waals surface area contributed by atoms with Crippen LogP contribution >= 0.6 is 15.9 Å². The molecule has 0 spiro atoms. The van der Waals surface area contributed by atoms with Crippen molar-refractivity contribution in [3.05, 3.63) is 34.1 Å². The van der Waals surface area contributed by atoms with Crippen LogP contribution in [0.2, 0.25) is 0 Å². The highest BCUT2D eigenvalue weighted by atomic mass is 79.9. The normalized spacial score (nSPS) is 15.5. The van der Waals surface area contributed by atoms with Crippen molar-refractivity contribution < 1.29 is 19.0 Å². The van der Waals surface area contributed by atoms with Gasteiger partial charge in [-0.1, -0.05) is 35.7 Å². The van der Waals surface area contributed by atoms with E-state index in [-0.39, 0.29) is 5.56 Å². The lowest BCUT2D eigenvalue weighted by atomic mass is 9.79. The summed E-state index contributed by atoms with van der Waals surface area (Å²) in [6.07, 6.45) is 2.08. The van der Waals surface area contributed by atoms with Crippen molar-refractivity contribution in [1.29, 1.82) is 0 Å². The van der Waals surface area contributed by atoms with Crippen molar-refractivity contribution in [1.82, 2.24) is 0 Å². The number of aliphatic hydroxyl groups is 1. The lowest BCUT2D eigenvalue weighted by Crippen LogP contribution is -2.38. The van der Waals surface area contributed by atoms with E-state index in [9.17, 15) is 14.3 Å². The molecule has 0 heterocycles. The average molecular weight is 347 g/mol. The van der Waals surface area contributed by atoms with Gasteiger partial charge >= 0.3 is 5.97 Å². The molecule has 0 radical (unpaired) electrons. The molecule has 0 saturated carbocycles. The lowest BCUT2D eigenvalue weighted by molar-refractivity contribution is -0.156. The molecule has 0 fully saturated rings. The van der Waals surface area contributed by atoms with Crippen molar-refractivity contribution in [2.24, 2.45) is 5.92 Å². The predicted octanol–water partition coefficient (Wildman–Crippen LogP) is 3.78. The SMILES string of the molecule is CCCCC(C(=O)OC)C(C)(O)c1cc(Br)ccc1F. The molecule has 1 N–H and O–H groups in total. The molecule has 0 aromatic heterocycles. The van der Waals surface area contributed by atoms with Gasteiger partial charge in [0.05, 0.1) is 13.0 Å². The number of halogens is 2.